The maximum atomic E-state index is 5.59. The van der Waals surface area contributed by atoms with Gasteiger partial charge in [0.2, 0.25) is 0 Å². The lowest BCUT2D eigenvalue weighted by molar-refractivity contribution is 0.171. The summed E-state index contributed by atoms with van der Waals surface area (Å²) in [5, 5.41) is 8.04. The number of fused-ring (bicyclic) bond motifs is 1. The van der Waals surface area contributed by atoms with Crippen molar-refractivity contribution in [3.8, 4) is 22.8 Å². The van der Waals surface area contributed by atoms with Crippen LogP contribution in [0.3, 0.4) is 0 Å². The number of aryl methyl sites for hydroxylation is 1. The van der Waals surface area contributed by atoms with E-state index in [9.17, 15) is 0 Å². The van der Waals surface area contributed by atoms with Gasteiger partial charge >= 0.3 is 0 Å². The molecule has 0 saturated heterocycles. The second kappa shape index (κ2) is 5.27. The highest BCUT2D eigenvalue weighted by atomic mass is 16.6. The fourth-order valence-corrected chi connectivity index (χ4v) is 2.09. The standard InChI is InChI=1S/C13H16N4O2/c14-4-1-5-17-11(9-15-16-17)10-2-3-12-13(8-10)19-7-6-18-12/h2-3,8-9H,1,4-7,14H2. The van der Waals surface area contributed by atoms with Crippen LogP contribution < -0.4 is 15.2 Å². The quantitative estimate of drug-likeness (QED) is 0.889. The van der Waals surface area contributed by atoms with Crippen LogP contribution in [-0.2, 0) is 6.54 Å². The Hall–Kier alpha value is -2.08. The van der Waals surface area contributed by atoms with Crippen molar-refractivity contribution in [1.29, 1.82) is 0 Å². The molecular weight excluding hydrogens is 244 g/mol. The summed E-state index contributed by atoms with van der Waals surface area (Å²) in [4.78, 5) is 0. The van der Waals surface area contributed by atoms with Gasteiger partial charge in [0.05, 0.1) is 11.9 Å². The Kier molecular flexibility index (Phi) is 3.33. The molecule has 0 unspecified atom stereocenters. The van der Waals surface area contributed by atoms with E-state index < -0.39 is 0 Å². The first-order valence-electron chi connectivity index (χ1n) is 6.37. The van der Waals surface area contributed by atoms with Gasteiger partial charge in [-0.3, -0.25) is 0 Å². The third-order valence-electron chi connectivity index (χ3n) is 3.03. The highest BCUT2D eigenvalue weighted by molar-refractivity contribution is 5.63. The van der Waals surface area contributed by atoms with Gasteiger partial charge in [-0.15, -0.1) is 5.10 Å². The fourth-order valence-electron chi connectivity index (χ4n) is 2.09. The van der Waals surface area contributed by atoms with Gasteiger partial charge in [-0.2, -0.15) is 0 Å². The van der Waals surface area contributed by atoms with Crippen LogP contribution >= 0.6 is 0 Å². The summed E-state index contributed by atoms with van der Waals surface area (Å²) in [6.07, 6.45) is 2.63. The van der Waals surface area contributed by atoms with Crippen molar-refractivity contribution >= 4 is 0 Å². The van der Waals surface area contributed by atoms with Gasteiger partial charge in [0.1, 0.15) is 13.2 Å². The number of rotatable bonds is 4. The molecule has 0 spiro atoms. The smallest absolute Gasteiger partial charge is 0.162 e. The molecule has 19 heavy (non-hydrogen) atoms. The zero-order valence-corrected chi connectivity index (χ0v) is 10.6. The highest BCUT2D eigenvalue weighted by Crippen LogP contribution is 2.34. The Morgan fingerprint density at radius 3 is 2.89 bits per heavy atom. The highest BCUT2D eigenvalue weighted by Gasteiger charge is 2.14. The fraction of sp³-hybridized carbons (Fsp3) is 0.385. The van der Waals surface area contributed by atoms with E-state index in [1.165, 1.54) is 0 Å². The average molecular weight is 260 g/mol. The second-order valence-electron chi connectivity index (χ2n) is 4.34. The van der Waals surface area contributed by atoms with Gasteiger partial charge in [0.25, 0.3) is 0 Å². The molecule has 0 saturated carbocycles. The van der Waals surface area contributed by atoms with Crippen molar-refractivity contribution in [3.63, 3.8) is 0 Å². The molecule has 0 amide bonds. The summed E-state index contributed by atoms with van der Waals surface area (Å²) < 4.78 is 13.0. The molecule has 0 radical (unpaired) electrons. The van der Waals surface area contributed by atoms with Crippen molar-refractivity contribution in [2.45, 2.75) is 13.0 Å². The monoisotopic (exact) mass is 260 g/mol. The van der Waals surface area contributed by atoms with Crippen molar-refractivity contribution < 1.29 is 9.47 Å². The Morgan fingerprint density at radius 1 is 1.21 bits per heavy atom. The molecular formula is C13H16N4O2. The topological polar surface area (TPSA) is 75.2 Å². The van der Waals surface area contributed by atoms with Crippen LogP contribution in [0.15, 0.2) is 24.4 Å². The SMILES string of the molecule is NCCCn1nncc1-c1ccc2c(c1)OCCO2. The number of benzene rings is 1. The Bertz CT molecular complexity index is 568. The minimum Gasteiger partial charge on any atom is -0.486 e. The van der Waals surface area contributed by atoms with Gasteiger partial charge in [0, 0.05) is 12.1 Å². The zero-order valence-electron chi connectivity index (χ0n) is 10.6. The van der Waals surface area contributed by atoms with Crippen LogP contribution in [0.1, 0.15) is 6.42 Å². The number of nitrogens with zero attached hydrogens (tertiary/aromatic N) is 3. The zero-order chi connectivity index (χ0) is 13.1. The number of ether oxygens (including phenoxy) is 2. The molecule has 0 fully saturated rings. The van der Waals surface area contributed by atoms with Gasteiger partial charge in [0.15, 0.2) is 11.5 Å². The predicted molar refractivity (Wildman–Crippen MR) is 70.1 cm³/mol. The Labute approximate surface area is 111 Å². The first kappa shape index (κ1) is 12.0. The van der Waals surface area contributed by atoms with Crippen LogP contribution in [0.2, 0.25) is 0 Å². The lowest BCUT2D eigenvalue weighted by Crippen LogP contribution is -2.15. The van der Waals surface area contributed by atoms with Gasteiger partial charge in [-0.05, 0) is 31.2 Å². The molecule has 100 valence electrons. The lowest BCUT2D eigenvalue weighted by Gasteiger charge is -2.18. The van der Waals surface area contributed by atoms with E-state index in [-0.39, 0.29) is 0 Å². The number of hydrogen-bond acceptors (Lipinski definition) is 5. The molecule has 0 atom stereocenters. The molecule has 2 N–H and O–H groups in total. The molecule has 6 heteroatoms. The predicted octanol–water partition coefficient (Wildman–Crippen LogP) is 1.07. The molecule has 3 rings (SSSR count). The van der Waals surface area contributed by atoms with Crippen LogP contribution in [-0.4, -0.2) is 34.8 Å². The van der Waals surface area contributed by atoms with E-state index in [0.29, 0.717) is 19.8 Å². The van der Waals surface area contributed by atoms with Crippen LogP contribution in [0.25, 0.3) is 11.3 Å². The number of aromatic nitrogens is 3. The van der Waals surface area contributed by atoms with E-state index in [4.69, 9.17) is 15.2 Å². The molecule has 1 aliphatic rings. The van der Waals surface area contributed by atoms with Crippen LogP contribution in [0, 0.1) is 0 Å². The van der Waals surface area contributed by atoms with Gasteiger partial charge in [-0.1, -0.05) is 5.21 Å². The van der Waals surface area contributed by atoms with E-state index in [2.05, 4.69) is 10.3 Å². The molecule has 0 bridgehead atoms. The summed E-state index contributed by atoms with van der Waals surface area (Å²) in [5.41, 5.74) is 7.51. The van der Waals surface area contributed by atoms with E-state index in [1.807, 2.05) is 22.9 Å². The van der Waals surface area contributed by atoms with E-state index in [0.717, 1.165) is 35.7 Å². The largest absolute Gasteiger partial charge is 0.486 e. The average Bonchev–Trinajstić information content (AvgIpc) is 2.93. The molecule has 1 aromatic heterocycles. The third kappa shape index (κ3) is 2.39. The molecule has 2 aromatic rings. The second-order valence-corrected chi connectivity index (χ2v) is 4.34. The van der Waals surface area contributed by atoms with Gasteiger partial charge < -0.3 is 15.2 Å². The van der Waals surface area contributed by atoms with Crippen molar-refractivity contribution in [1.82, 2.24) is 15.0 Å². The Morgan fingerprint density at radius 2 is 2.05 bits per heavy atom. The third-order valence-corrected chi connectivity index (χ3v) is 3.03. The summed E-state index contributed by atoms with van der Waals surface area (Å²) in [6, 6.07) is 5.88. The summed E-state index contributed by atoms with van der Waals surface area (Å²) >= 11 is 0. The van der Waals surface area contributed by atoms with Crippen molar-refractivity contribution in [3.05, 3.63) is 24.4 Å². The molecule has 6 nitrogen and oxygen atoms in total. The summed E-state index contributed by atoms with van der Waals surface area (Å²) in [6.45, 7) is 2.59. The lowest BCUT2D eigenvalue weighted by atomic mass is 10.1. The normalized spacial score (nSPS) is 13.5. The summed E-state index contributed by atoms with van der Waals surface area (Å²) in [5.74, 6) is 1.56. The Balaban J connectivity index is 1.91. The molecule has 1 aliphatic heterocycles. The van der Waals surface area contributed by atoms with Crippen LogP contribution in [0.4, 0.5) is 0 Å². The van der Waals surface area contributed by atoms with Crippen molar-refractivity contribution in [2.75, 3.05) is 19.8 Å². The molecule has 1 aromatic carbocycles. The van der Waals surface area contributed by atoms with Crippen LogP contribution in [0.5, 0.6) is 11.5 Å². The van der Waals surface area contributed by atoms with E-state index >= 15 is 0 Å². The molecule has 2 heterocycles. The first-order chi connectivity index (χ1) is 9.38. The van der Waals surface area contributed by atoms with Crippen molar-refractivity contribution in [2.24, 2.45) is 5.73 Å². The first-order valence-corrected chi connectivity index (χ1v) is 6.37. The summed E-state index contributed by atoms with van der Waals surface area (Å²) in [7, 11) is 0. The minimum absolute atomic E-state index is 0.584. The maximum Gasteiger partial charge on any atom is 0.162 e. The minimum atomic E-state index is 0.584. The maximum absolute atomic E-state index is 5.59. The number of hydrogen-bond donors (Lipinski definition) is 1. The number of nitrogens with two attached hydrogens (primary N) is 1. The van der Waals surface area contributed by atoms with E-state index in [1.54, 1.807) is 6.20 Å². The molecule has 0 aliphatic carbocycles. The van der Waals surface area contributed by atoms with Gasteiger partial charge in [-0.25, -0.2) is 4.68 Å².